The van der Waals surface area contributed by atoms with Crippen molar-refractivity contribution in [2.24, 2.45) is 0 Å². The minimum Gasteiger partial charge on any atom is -0.530 e. The average molecular weight is 274 g/mol. The first-order valence-electron chi connectivity index (χ1n) is 5.83. The minimum atomic E-state index is -1.51. The fourth-order valence-electron chi connectivity index (χ4n) is 1.02. The molecule has 0 N–H and O–H groups in total. The van der Waals surface area contributed by atoms with Crippen LogP contribution in [0.15, 0.2) is 0 Å². The first-order valence-corrected chi connectivity index (χ1v) is 5.83. The Morgan fingerprint density at radius 2 is 1.58 bits per heavy atom. The largest absolute Gasteiger partial charge is 0.530 e. The smallest absolute Gasteiger partial charge is 0.347 e. The van der Waals surface area contributed by atoms with Crippen molar-refractivity contribution in [3.05, 3.63) is 0 Å². The molecular weight excluding hydrogens is 254 g/mol. The van der Waals surface area contributed by atoms with E-state index in [9.17, 15) is 19.5 Å². The summed E-state index contributed by atoms with van der Waals surface area (Å²) < 4.78 is 9.87. The summed E-state index contributed by atoms with van der Waals surface area (Å²) in [7, 11) is 1.18. The third-order valence-corrected chi connectivity index (χ3v) is 2.24. The molecule has 0 radical (unpaired) electrons. The van der Waals surface area contributed by atoms with Gasteiger partial charge in [-0.15, -0.1) is 0 Å². The van der Waals surface area contributed by atoms with Crippen LogP contribution in [0.3, 0.4) is 0 Å². The zero-order valence-corrected chi connectivity index (χ0v) is 12.1. The molecule has 1 amide bonds. The molecule has 0 aliphatic carbocycles. The van der Waals surface area contributed by atoms with Crippen LogP contribution in [0.5, 0.6) is 0 Å². The van der Waals surface area contributed by atoms with E-state index in [0.29, 0.717) is 4.90 Å². The van der Waals surface area contributed by atoms with E-state index in [4.69, 9.17) is 9.47 Å². The van der Waals surface area contributed by atoms with Gasteiger partial charge >= 0.3 is 11.9 Å². The van der Waals surface area contributed by atoms with E-state index in [2.05, 4.69) is 0 Å². The molecule has 0 aliphatic heterocycles. The van der Waals surface area contributed by atoms with Crippen LogP contribution in [0, 0.1) is 0 Å². The lowest BCUT2D eigenvalue weighted by Crippen LogP contribution is -2.48. The molecule has 19 heavy (non-hydrogen) atoms. The molecule has 0 aromatic carbocycles. The molecule has 0 aromatic rings. The second kappa shape index (κ2) is 6.40. The first kappa shape index (κ1) is 17.2. The van der Waals surface area contributed by atoms with Crippen LogP contribution in [0.1, 0.15) is 34.6 Å². The standard InChI is InChI=1S/C12H21NO6/c1-7(13(6)11(16)17)9(14)18-8(2)10(15)19-12(3,4)5/h7-8H,1-6H3,(H,16,17)/p-1. The molecule has 2 unspecified atom stereocenters. The van der Waals surface area contributed by atoms with Gasteiger partial charge in [0, 0.05) is 7.05 Å². The number of likely N-dealkylation sites (N-methyl/N-ethyl adjacent to an activating group) is 1. The van der Waals surface area contributed by atoms with Crippen molar-refractivity contribution in [3.63, 3.8) is 0 Å². The Bertz CT molecular complexity index is 360. The summed E-state index contributed by atoms with van der Waals surface area (Å²) in [5.41, 5.74) is -0.689. The number of carbonyl (C=O) groups is 3. The molecule has 0 saturated carbocycles. The lowest BCUT2D eigenvalue weighted by Gasteiger charge is -2.27. The zero-order valence-electron chi connectivity index (χ0n) is 12.1. The number of ether oxygens (including phenoxy) is 2. The van der Waals surface area contributed by atoms with Crippen LogP contribution in [0.4, 0.5) is 4.79 Å². The van der Waals surface area contributed by atoms with Gasteiger partial charge in [0.25, 0.3) is 0 Å². The molecule has 2 atom stereocenters. The predicted octanol–water partition coefficient (Wildman–Crippen LogP) is -0.0766. The molecule has 0 aromatic heterocycles. The van der Waals surface area contributed by atoms with Crippen LogP contribution in [0.2, 0.25) is 0 Å². The van der Waals surface area contributed by atoms with Crippen LogP contribution in [-0.4, -0.2) is 47.7 Å². The van der Waals surface area contributed by atoms with E-state index in [-0.39, 0.29) is 0 Å². The summed E-state index contributed by atoms with van der Waals surface area (Å²) in [5.74, 6) is -1.53. The molecule has 110 valence electrons. The molecule has 7 nitrogen and oxygen atoms in total. The van der Waals surface area contributed by atoms with E-state index in [0.717, 1.165) is 0 Å². The summed E-state index contributed by atoms with van der Waals surface area (Å²) in [5, 5.41) is 10.6. The summed E-state index contributed by atoms with van der Waals surface area (Å²) in [6.07, 6.45) is -2.61. The van der Waals surface area contributed by atoms with E-state index < -0.39 is 35.8 Å². The average Bonchev–Trinajstić information content (AvgIpc) is 2.24. The van der Waals surface area contributed by atoms with Crippen molar-refractivity contribution in [2.75, 3.05) is 7.05 Å². The maximum atomic E-state index is 11.6. The Morgan fingerprint density at radius 3 is 1.95 bits per heavy atom. The summed E-state index contributed by atoms with van der Waals surface area (Å²) in [4.78, 5) is 34.4. The van der Waals surface area contributed by atoms with Gasteiger partial charge in [-0.3, -0.25) is 0 Å². The first-order chi connectivity index (χ1) is 8.45. The Hall–Kier alpha value is -1.79. The highest BCUT2D eigenvalue weighted by molar-refractivity contribution is 5.83. The maximum Gasteiger partial charge on any atom is 0.347 e. The van der Waals surface area contributed by atoms with Crippen LogP contribution >= 0.6 is 0 Å². The van der Waals surface area contributed by atoms with Crippen molar-refractivity contribution in [2.45, 2.75) is 52.4 Å². The fourth-order valence-corrected chi connectivity index (χ4v) is 1.02. The Morgan fingerprint density at radius 1 is 1.11 bits per heavy atom. The SMILES string of the molecule is CC(OC(=O)C(C)N(C)C(=O)[O-])C(=O)OC(C)(C)C. The molecular formula is C12H20NO6-. The molecule has 0 aliphatic rings. The van der Waals surface area contributed by atoms with Crippen molar-refractivity contribution in [3.8, 4) is 0 Å². The Labute approximate surface area is 112 Å². The van der Waals surface area contributed by atoms with Crippen molar-refractivity contribution < 1.29 is 29.0 Å². The highest BCUT2D eigenvalue weighted by Crippen LogP contribution is 2.10. The van der Waals surface area contributed by atoms with Gasteiger partial charge in [-0.05, 0) is 34.6 Å². The number of amides is 1. The number of hydrogen-bond donors (Lipinski definition) is 0. The molecule has 0 heterocycles. The fraction of sp³-hybridized carbons (Fsp3) is 0.750. The summed E-state index contributed by atoms with van der Waals surface area (Å²) >= 11 is 0. The number of nitrogens with zero attached hydrogens (tertiary/aromatic N) is 1. The number of hydrogen-bond acceptors (Lipinski definition) is 6. The maximum absolute atomic E-state index is 11.6. The highest BCUT2D eigenvalue weighted by atomic mass is 16.6. The highest BCUT2D eigenvalue weighted by Gasteiger charge is 2.27. The Balaban J connectivity index is 4.48. The molecule has 0 saturated heterocycles. The van der Waals surface area contributed by atoms with Gasteiger partial charge in [-0.25, -0.2) is 9.59 Å². The van der Waals surface area contributed by atoms with Gasteiger partial charge in [0.15, 0.2) is 6.10 Å². The van der Waals surface area contributed by atoms with Crippen molar-refractivity contribution >= 4 is 18.0 Å². The molecule has 0 fully saturated rings. The molecule has 0 spiro atoms. The van der Waals surface area contributed by atoms with E-state index in [1.165, 1.54) is 20.9 Å². The van der Waals surface area contributed by atoms with Gasteiger partial charge in [-0.2, -0.15) is 0 Å². The second-order valence-corrected chi connectivity index (χ2v) is 5.17. The van der Waals surface area contributed by atoms with Gasteiger partial charge in [-0.1, -0.05) is 0 Å². The van der Waals surface area contributed by atoms with E-state index in [1.54, 1.807) is 20.8 Å². The molecule has 7 heteroatoms. The second-order valence-electron chi connectivity index (χ2n) is 5.17. The summed E-state index contributed by atoms with van der Waals surface area (Å²) in [6.45, 7) is 7.75. The number of rotatable bonds is 4. The lowest BCUT2D eigenvalue weighted by atomic mass is 10.2. The van der Waals surface area contributed by atoms with Crippen LogP contribution < -0.4 is 5.11 Å². The normalized spacial score (nSPS) is 14.2. The molecule has 0 rings (SSSR count). The zero-order chi connectivity index (χ0) is 15.4. The summed E-state index contributed by atoms with van der Waals surface area (Å²) in [6, 6.07) is -1.06. The quantitative estimate of drug-likeness (QED) is 0.665. The lowest BCUT2D eigenvalue weighted by molar-refractivity contribution is -0.266. The predicted molar refractivity (Wildman–Crippen MR) is 64.0 cm³/mol. The monoisotopic (exact) mass is 274 g/mol. The van der Waals surface area contributed by atoms with Crippen LogP contribution in [0.25, 0.3) is 0 Å². The van der Waals surface area contributed by atoms with E-state index >= 15 is 0 Å². The number of carbonyl (C=O) groups excluding carboxylic acids is 3. The Kier molecular flexibility index (Phi) is 5.80. The third kappa shape index (κ3) is 6.08. The van der Waals surface area contributed by atoms with E-state index in [1.807, 2.05) is 0 Å². The minimum absolute atomic E-state index is 0.685. The van der Waals surface area contributed by atoms with Crippen molar-refractivity contribution in [1.29, 1.82) is 0 Å². The van der Waals surface area contributed by atoms with Gasteiger partial charge in [0.1, 0.15) is 17.7 Å². The third-order valence-electron chi connectivity index (χ3n) is 2.24. The number of carboxylic acid groups (broad SMARTS) is 1. The van der Waals surface area contributed by atoms with Crippen LogP contribution in [-0.2, 0) is 19.1 Å². The van der Waals surface area contributed by atoms with Gasteiger partial charge < -0.3 is 24.3 Å². The number of esters is 2. The van der Waals surface area contributed by atoms with Crippen molar-refractivity contribution in [1.82, 2.24) is 4.90 Å². The molecule has 0 bridgehead atoms. The topological polar surface area (TPSA) is 96.0 Å². The van der Waals surface area contributed by atoms with Gasteiger partial charge in [0.2, 0.25) is 0 Å². The van der Waals surface area contributed by atoms with Gasteiger partial charge in [0.05, 0.1) is 0 Å².